The van der Waals surface area contributed by atoms with Gasteiger partial charge in [0.15, 0.2) is 0 Å². The minimum Gasteiger partial charge on any atom is -0.292 e. The Kier molecular flexibility index (Phi) is 2.96. The molecule has 1 aliphatic carbocycles. The molecule has 1 aromatic rings. The number of nitrogens with zero attached hydrogens (tertiary/aromatic N) is 1. The maximum Gasteiger partial charge on any atom is 0.287 e. The van der Waals surface area contributed by atoms with Crippen LogP contribution in [-0.2, 0) is 4.79 Å². The number of Topliss-reactive ketones (excluding diaryl/α,β-unsaturated/α-hetero) is 1. The molecule has 0 aromatic heterocycles. The number of ketones is 1. The zero-order valence-corrected chi connectivity index (χ0v) is 9.76. The molecule has 0 unspecified atom stereocenters. The Morgan fingerprint density at radius 2 is 2.12 bits per heavy atom. The lowest BCUT2D eigenvalue weighted by molar-refractivity contribution is -0.523. The van der Waals surface area contributed by atoms with Gasteiger partial charge in [0.1, 0.15) is 0 Å². The number of rotatable bonds is 5. The quantitative estimate of drug-likeness (QED) is 0.580. The predicted octanol–water partition coefficient (Wildman–Crippen LogP) is 2.56. The van der Waals surface area contributed by atoms with Crippen LogP contribution in [0.4, 0.5) is 0 Å². The zero-order chi connectivity index (χ0) is 12.5. The van der Waals surface area contributed by atoms with E-state index in [-0.39, 0.29) is 16.6 Å². The van der Waals surface area contributed by atoms with Crippen LogP contribution in [0.2, 0.25) is 0 Å². The van der Waals surface area contributed by atoms with E-state index in [0.29, 0.717) is 19.3 Å². The van der Waals surface area contributed by atoms with Crippen LogP contribution in [0.5, 0.6) is 0 Å². The maximum absolute atomic E-state index is 11.9. The molecule has 0 amide bonds. The molecule has 0 aliphatic heterocycles. The number of carbonyl (C=O) groups excluding carboxylic acids is 1. The van der Waals surface area contributed by atoms with Crippen LogP contribution < -0.4 is 0 Å². The summed E-state index contributed by atoms with van der Waals surface area (Å²) >= 11 is 0. The Morgan fingerprint density at radius 1 is 1.47 bits per heavy atom. The van der Waals surface area contributed by atoms with Crippen LogP contribution in [-0.4, -0.2) is 16.2 Å². The Morgan fingerprint density at radius 3 is 2.65 bits per heavy atom. The van der Waals surface area contributed by atoms with Crippen molar-refractivity contribution in [3.8, 4) is 0 Å². The smallest absolute Gasteiger partial charge is 0.287 e. The topological polar surface area (TPSA) is 60.2 Å². The molecule has 0 saturated heterocycles. The molecule has 0 heterocycles. The number of hydrogen-bond donors (Lipinski definition) is 0. The fourth-order valence-corrected chi connectivity index (χ4v) is 2.39. The average molecular weight is 233 g/mol. The van der Waals surface area contributed by atoms with E-state index in [1.807, 2.05) is 37.3 Å². The highest BCUT2D eigenvalue weighted by Crippen LogP contribution is 2.54. The molecule has 0 bridgehead atoms. The summed E-state index contributed by atoms with van der Waals surface area (Å²) in [4.78, 5) is 22.7. The molecule has 90 valence electrons. The summed E-state index contributed by atoms with van der Waals surface area (Å²) in [6, 6.07) is 9.28. The van der Waals surface area contributed by atoms with Crippen LogP contribution in [0.25, 0.3) is 0 Å². The first kappa shape index (κ1) is 11.8. The molecule has 4 heteroatoms. The summed E-state index contributed by atoms with van der Waals surface area (Å²) in [6.45, 7) is 1.87. The summed E-state index contributed by atoms with van der Waals surface area (Å²) in [6.07, 6.45) is 1.31. The van der Waals surface area contributed by atoms with Gasteiger partial charge < -0.3 is 0 Å². The first-order valence-electron chi connectivity index (χ1n) is 5.85. The van der Waals surface area contributed by atoms with Crippen molar-refractivity contribution in [2.24, 2.45) is 0 Å². The molecule has 1 aliphatic rings. The van der Waals surface area contributed by atoms with Crippen molar-refractivity contribution < 1.29 is 9.72 Å². The normalized spacial score (nSPS) is 26.5. The molecule has 0 N–H and O–H groups in total. The highest BCUT2D eigenvalue weighted by Gasteiger charge is 2.71. The van der Waals surface area contributed by atoms with Crippen molar-refractivity contribution in [2.75, 3.05) is 0 Å². The number of hydrogen-bond acceptors (Lipinski definition) is 3. The monoisotopic (exact) mass is 233 g/mol. The maximum atomic E-state index is 11.9. The van der Waals surface area contributed by atoms with Gasteiger partial charge in [-0.2, -0.15) is 0 Å². The second-order valence-electron chi connectivity index (χ2n) is 4.52. The Hall–Kier alpha value is -1.71. The van der Waals surface area contributed by atoms with E-state index >= 15 is 0 Å². The lowest BCUT2D eigenvalue weighted by Gasteiger charge is -2.07. The first-order chi connectivity index (χ1) is 8.13. The third kappa shape index (κ3) is 1.84. The van der Waals surface area contributed by atoms with Crippen molar-refractivity contribution >= 4 is 5.78 Å². The molecule has 1 aromatic carbocycles. The molecule has 1 fully saturated rings. The van der Waals surface area contributed by atoms with E-state index < -0.39 is 5.54 Å². The summed E-state index contributed by atoms with van der Waals surface area (Å²) in [7, 11) is 0. The first-order valence-corrected chi connectivity index (χ1v) is 5.85. The van der Waals surface area contributed by atoms with Gasteiger partial charge >= 0.3 is 0 Å². The summed E-state index contributed by atoms with van der Waals surface area (Å²) in [5.74, 6) is -0.461. The SMILES string of the molecule is CCCC(=O)[C@]1([N+](=O)[O-])C[C@@H]1c1ccccc1. The van der Waals surface area contributed by atoms with E-state index in [0.717, 1.165) is 5.56 Å². The van der Waals surface area contributed by atoms with Gasteiger partial charge in [0.05, 0.1) is 5.92 Å². The van der Waals surface area contributed by atoms with Crippen LogP contribution in [0, 0.1) is 10.1 Å². The molecular formula is C13H15NO3. The minimum atomic E-state index is -1.34. The lowest BCUT2D eigenvalue weighted by Crippen LogP contribution is -2.33. The van der Waals surface area contributed by atoms with Crippen LogP contribution in [0.3, 0.4) is 0 Å². The number of nitro groups is 1. The summed E-state index contributed by atoms with van der Waals surface area (Å²) in [5.41, 5.74) is -0.439. The van der Waals surface area contributed by atoms with Gasteiger partial charge in [-0.1, -0.05) is 37.3 Å². The van der Waals surface area contributed by atoms with Crippen molar-refractivity contribution in [1.29, 1.82) is 0 Å². The molecule has 0 spiro atoms. The van der Waals surface area contributed by atoms with Gasteiger partial charge in [0.2, 0.25) is 5.78 Å². The highest BCUT2D eigenvalue weighted by atomic mass is 16.6. The van der Waals surface area contributed by atoms with Gasteiger partial charge in [0.25, 0.3) is 5.54 Å². The van der Waals surface area contributed by atoms with Gasteiger partial charge in [0, 0.05) is 17.8 Å². The third-order valence-electron chi connectivity index (χ3n) is 3.42. The van der Waals surface area contributed by atoms with Crippen molar-refractivity contribution in [1.82, 2.24) is 0 Å². The molecule has 2 atom stereocenters. The van der Waals surface area contributed by atoms with E-state index in [2.05, 4.69) is 0 Å². The van der Waals surface area contributed by atoms with Gasteiger partial charge in [-0.3, -0.25) is 14.9 Å². The van der Waals surface area contributed by atoms with E-state index in [9.17, 15) is 14.9 Å². The second kappa shape index (κ2) is 4.28. The molecule has 2 rings (SSSR count). The molecular weight excluding hydrogens is 218 g/mol. The van der Waals surface area contributed by atoms with E-state index in [1.165, 1.54) is 0 Å². The molecule has 4 nitrogen and oxygen atoms in total. The Labute approximate surface area is 99.8 Å². The molecule has 1 saturated carbocycles. The largest absolute Gasteiger partial charge is 0.292 e. The third-order valence-corrected chi connectivity index (χ3v) is 3.42. The molecule has 17 heavy (non-hydrogen) atoms. The van der Waals surface area contributed by atoms with Crippen LogP contribution in [0.15, 0.2) is 30.3 Å². The fraction of sp³-hybridized carbons (Fsp3) is 0.462. The van der Waals surface area contributed by atoms with Crippen LogP contribution >= 0.6 is 0 Å². The van der Waals surface area contributed by atoms with Gasteiger partial charge in [-0.25, -0.2) is 0 Å². The summed E-state index contributed by atoms with van der Waals surface area (Å²) < 4.78 is 0. The van der Waals surface area contributed by atoms with Crippen molar-refractivity contribution in [3.05, 3.63) is 46.0 Å². The fourth-order valence-electron chi connectivity index (χ4n) is 2.39. The van der Waals surface area contributed by atoms with Gasteiger partial charge in [-0.15, -0.1) is 0 Å². The van der Waals surface area contributed by atoms with Crippen LogP contribution in [0.1, 0.15) is 37.7 Å². The Bertz CT molecular complexity index is 443. The lowest BCUT2D eigenvalue weighted by atomic mass is 10.0. The molecule has 0 radical (unpaired) electrons. The average Bonchev–Trinajstić information content (AvgIpc) is 3.07. The van der Waals surface area contributed by atoms with Gasteiger partial charge in [-0.05, 0) is 12.0 Å². The number of benzene rings is 1. The van der Waals surface area contributed by atoms with E-state index in [1.54, 1.807) is 0 Å². The second-order valence-corrected chi connectivity index (χ2v) is 4.52. The zero-order valence-electron chi connectivity index (χ0n) is 9.76. The van der Waals surface area contributed by atoms with Crippen molar-refractivity contribution in [3.63, 3.8) is 0 Å². The number of carbonyl (C=O) groups is 1. The highest BCUT2D eigenvalue weighted by molar-refractivity contribution is 5.91. The standard InChI is InChI=1S/C13H15NO3/c1-2-6-12(15)13(14(16)17)9-11(13)10-7-4-3-5-8-10/h3-5,7-8,11H,2,6,9H2,1H3/t11-,13+/m1/s1. The summed E-state index contributed by atoms with van der Waals surface area (Å²) in [5, 5.41) is 11.2. The van der Waals surface area contributed by atoms with E-state index in [4.69, 9.17) is 0 Å². The minimum absolute atomic E-state index is 0.223. The predicted molar refractivity (Wildman–Crippen MR) is 63.4 cm³/mol. The Balaban J connectivity index is 2.25. The van der Waals surface area contributed by atoms with Crippen molar-refractivity contribution in [2.45, 2.75) is 37.6 Å².